The summed E-state index contributed by atoms with van der Waals surface area (Å²) in [6.07, 6.45) is 1.60. The van der Waals surface area contributed by atoms with Gasteiger partial charge in [0.25, 0.3) is 0 Å². The van der Waals surface area contributed by atoms with Crippen molar-refractivity contribution in [3.63, 3.8) is 0 Å². The van der Waals surface area contributed by atoms with Crippen molar-refractivity contribution in [2.24, 2.45) is 0 Å². The van der Waals surface area contributed by atoms with Crippen LogP contribution in [0.4, 0.5) is 5.69 Å². The van der Waals surface area contributed by atoms with Crippen LogP contribution >= 0.6 is 15.9 Å². The fraction of sp³-hybridized carbons (Fsp3) is 0.250. The Balaban J connectivity index is 0.000000409. The van der Waals surface area contributed by atoms with Crippen molar-refractivity contribution in [2.75, 3.05) is 18.4 Å². The lowest BCUT2D eigenvalue weighted by Crippen LogP contribution is -2.33. The normalized spacial score (nSPS) is 12.9. The van der Waals surface area contributed by atoms with Gasteiger partial charge in [0.05, 0.1) is 0 Å². The van der Waals surface area contributed by atoms with Crippen molar-refractivity contribution in [1.29, 1.82) is 0 Å². The fourth-order valence-corrected chi connectivity index (χ4v) is 3.03. The van der Waals surface area contributed by atoms with Gasteiger partial charge < -0.3 is 15.5 Å². The first-order valence-electron chi connectivity index (χ1n) is 8.66. The topological polar surface area (TPSA) is 107 Å². The lowest BCUT2D eigenvalue weighted by atomic mass is 10.00. The van der Waals surface area contributed by atoms with E-state index in [9.17, 15) is 4.79 Å². The second-order valence-electron chi connectivity index (χ2n) is 6.21. The minimum absolute atomic E-state index is 0.0705. The standard InChI is InChI=1S/C18H19BrN2O.C2H2O4/c19-16-5-7-17(8-6-16)20-18(22)10-12-21-11-9-14-3-1-2-4-15(14)13-21;3-1(4)2(5)6/h1-8H,9-13H2,(H,20,22);(H,3,4)(H,5,6). The molecule has 0 fully saturated rings. The highest BCUT2D eigenvalue weighted by Gasteiger charge is 2.16. The molecule has 0 aliphatic carbocycles. The molecular formula is C20H21BrN2O5. The average Bonchev–Trinajstić information content (AvgIpc) is 2.68. The lowest BCUT2D eigenvalue weighted by Gasteiger charge is -2.28. The van der Waals surface area contributed by atoms with Gasteiger partial charge in [0.2, 0.25) is 5.91 Å². The Labute approximate surface area is 171 Å². The van der Waals surface area contributed by atoms with E-state index in [1.165, 1.54) is 11.1 Å². The summed E-state index contributed by atoms with van der Waals surface area (Å²) in [7, 11) is 0. The maximum absolute atomic E-state index is 12.0. The predicted molar refractivity (Wildman–Crippen MR) is 108 cm³/mol. The first kappa shape index (κ1) is 21.6. The van der Waals surface area contributed by atoms with E-state index in [2.05, 4.69) is 50.4 Å². The van der Waals surface area contributed by atoms with Gasteiger partial charge in [-0.1, -0.05) is 40.2 Å². The Morgan fingerprint density at radius 2 is 1.57 bits per heavy atom. The second kappa shape index (κ2) is 10.6. The van der Waals surface area contributed by atoms with E-state index in [1.54, 1.807) is 0 Å². The maximum atomic E-state index is 12.0. The predicted octanol–water partition coefficient (Wildman–Crippen LogP) is 2.99. The van der Waals surface area contributed by atoms with Crippen molar-refractivity contribution in [3.05, 3.63) is 64.1 Å². The summed E-state index contributed by atoms with van der Waals surface area (Å²) in [5.41, 5.74) is 3.68. The number of anilines is 1. The molecule has 2 aromatic carbocycles. The third kappa shape index (κ3) is 7.13. The molecule has 0 saturated carbocycles. The SMILES string of the molecule is O=C(CCN1CCc2ccccc2C1)Nc1ccc(Br)cc1.O=C(O)C(=O)O. The number of hydrogen-bond donors (Lipinski definition) is 3. The van der Waals surface area contributed by atoms with Crippen LogP contribution in [0, 0.1) is 0 Å². The molecule has 8 heteroatoms. The minimum atomic E-state index is -1.82. The number of nitrogens with one attached hydrogen (secondary N) is 1. The number of carboxylic acids is 2. The summed E-state index contributed by atoms with van der Waals surface area (Å²) >= 11 is 3.39. The Bertz CT molecular complexity index is 827. The van der Waals surface area contributed by atoms with E-state index in [0.29, 0.717) is 6.42 Å². The second-order valence-corrected chi connectivity index (χ2v) is 7.13. The summed E-state index contributed by atoms with van der Waals surface area (Å²) in [6, 6.07) is 16.2. The minimum Gasteiger partial charge on any atom is -0.473 e. The van der Waals surface area contributed by atoms with E-state index in [1.807, 2.05) is 24.3 Å². The van der Waals surface area contributed by atoms with Crippen molar-refractivity contribution in [1.82, 2.24) is 4.90 Å². The molecule has 0 bridgehead atoms. The van der Waals surface area contributed by atoms with Crippen LogP contribution in [0.1, 0.15) is 17.5 Å². The number of aliphatic carboxylic acids is 2. The van der Waals surface area contributed by atoms with E-state index in [0.717, 1.165) is 36.2 Å². The van der Waals surface area contributed by atoms with Crippen LogP contribution in [-0.4, -0.2) is 46.0 Å². The van der Waals surface area contributed by atoms with Crippen LogP contribution in [0.3, 0.4) is 0 Å². The quantitative estimate of drug-likeness (QED) is 0.620. The van der Waals surface area contributed by atoms with Crippen molar-refractivity contribution in [2.45, 2.75) is 19.4 Å². The van der Waals surface area contributed by atoms with Gasteiger partial charge in [-0.15, -0.1) is 0 Å². The van der Waals surface area contributed by atoms with Crippen molar-refractivity contribution in [3.8, 4) is 0 Å². The van der Waals surface area contributed by atoms with Gasteiger partial charge in [-0.3, -0.25) is 9.69 Å². The van der Waals surface area contributed by atoms with Gasteiger partial charge in [0.1, 0.15) is 0 Å². The van der Waals surface area contributed by atoms with E-state index in [4.69, 9.17) is 19.8 Å². The first-order chi connectivity index (χ1) is 13.3. The number of carbonyl (C=O) groups is 3. The lowest BCUT2D eigenvalue weighted by molar-refractivity contribution is -0.159. The molecule has 148 valence electrons. The number of amides is 1. The smallest absolute Gasteiger partial charge is 0.414 e. The van der Waals surface area contributed by atoms with Gasteiger partial charge in [-0.2, -0.15) is 0 Å². The summed E-state index contributed by atoms with van der Waals surface area (Å²) in [6.45, 7) is 2.78. The highest BCUT2D eigenvalue weighted by Crippen LogP contribution is 2.19. The highest BCUT2D eigenvalue weighted by atomic mass is 79.9. The van der Waals surface area contributed by atoms with E-state index >= 15 is 0 Å². The third-order valence-corrected chi connectivity index (χ3v) is 4.70. The molecule has 3 N–H and O–H groups in total. The fourth-order valence-electron chi connectivity index (χ4n) is 2.76. The third-order valence-electron chi connectivity index (χ3n) is 4.18. The van der Waals surface area contributed by atoms with Crippen LogP contribution in [0.15, 0.2) is 53.0 Å². The zero-order chi connectivity index (χ0) is 20.5. The Kier molecular flexibility index (Phi) is 8.16. The number of fused-ring (bicyclic) bond motifs is 1. The first-order valence-corrected chi connectivity index (χ1v) is 9.45. The van der Waals surface area contributed by atoms with Crippen LogP contribution < -0.4 is 5.32 Å². The van der Waals surface area contributed by atoms with Crippen LogP contribution in [0.25, 0.3) is 0 Å². The number of halogens is 1. The van der Waals surface area contributed by atoms with Gasteiger partial charge in [0, 0.05) is 36.2 Å². The molecule has 0 spiro atoms. The molecule has 7 nitrogen and oxygen atoms in total. The maximum Gasteiger partial charge on any atom is 0.414 e. The number of carboxylic acid groups (broad SMARTS) is 2. The molecule has 1 aliphatic heterocycles. The Hall–Kier alpha value is -2.71. The Morgan fingerprint density at radius 1 is 0.964 bits per heavy atom. The zero-order valence-corrected chi connectivity index (χ0v) is 16.7. The van der Waals surface area contributed by atoms with Crippen molar-refractivity contribution < 1.29 is 24.6 Å². The largest absolute Gasteiger partial charge is 0.473 e. The van der Waals surface area contributed by atoms with Crippen LogP contribution in [-0.2, 0) is 27.3 Å². The van der Waals surface area contributed by atoms with E-state index in [-0.39, 0.29) is 5.91 Å². The summed E-state index contributed by atoms with van der Waals surface area (Å²) in [5, 5.41) is 17.7. The van der Waals surface area contributed by atoms with E-state index < -0.39 is 11.9 Å². The van der Waals surface area contributed by atoms with Gasteiger partial charge in [-0.05, 0) is 41.8 Å². The summed E-state index contributed by atoms with van der Waals surface area (Å²) < 4.78 is 1.01. The molecular weight excluding hydrogens is 428 g/mol. The molecule has 1 aliphatic rings. The molecule has 0 aromatic heterocycles. The number of rotatable bonds is 4. The molecule has 2 aromatic rings. The molecule has 0 atom stereocenters. The molecule has 1 heterocycles. The molecule has 0 unspecified atom stereocenters. The molecule has 3 rings (SSSR count). The summed E-state index contributed by atoms with van der Waals surface area (Å²) in [5.74, 6) is -3.58. The number of carbonyl (C=O) groups excluding carboxylic acids is 1. The van der Waals surface area contributed by atoms with Crippen molar-refractivity contribution >= 4 is 39.5 Å². The van der Waals surface area contributed by atoms with Gasteiger partial charge >= 0.3 is 11.9 Å². The number of benzene rings is 2. The molecule has 0 saturated heterocycles. The number of nitrogens with zero attached hydrogens (tertiary/aromatic N) is 1. The van der Waals surface area contributed by atoms with Crippen LogP contribution in [0.5, 0.6) is 0 Å². The monoisotopic (exact) mass is 448 g/mol. The molecule has 28 heavy (non-hydrogen) atoms. The average molecular weight is 449 g/mol. The molecule has 0 radical (unpaired) electrons. The summed E-state index contributed by atoms with van der Waals surface area (Å²) in [4.78, 5) is 32.6. The Morgan fingerprint density at radius 3 is 2.18 bits per heavy atom. The number of hydrogen-bond acceptors (Lipinski definition) is 4. The van der Waals surface area contributed by atoms with Gasteiger partial charge in [0.15, 0.2) is 0 Å². The van der Waals surface area contributed by atoms with Gasteiger partial charge in [-0.25, -0.2) is 9.59 Å². The molecule has 1 amide bonds. The highest BCUT2D eigenvalue weighted by molar-refractivity contribution is 9.10. The zero-order valence-electron chi connectivity index (χ0n) is 15.1. The van der Waals surface area contributed by atoms with Crippen LogP contribution in [0.2, 0.25) is 0 Å².